The summed E-state index contributed by atoms with van der Waals surface area (Å²) in [4.78, 5) is 17.1. The number of dihydropyridines is 1. The highest BCUT2D eigenvalue weighted by Gasteiger charge is 2.33. The van der Waals surface area contributed by atoms with E-state index in [1.54, 1.807) is 24.3 Å². The highest BCUT2D eigenvalue weighted by molar-refractivity contribution is 6.31. The van der Waals surface area contributed by atoms with Crippen LogP contribution in [0.4, 0.5) is 18.9 Å². The number of allylic oxidation sites excluding steroid dienone is 1. The lowest BCUT2D eigenvalue weighted by Gasteiger charge is -2.20. The van der Waals surface area contributed by atoms with Gasteiger partial charge in [-0.05, 0) is 48.6 Å². The van der Waals surface area contributed by atoms with Crippen LogP contribution in [0.25, 0.3) is 6.08 Å². The van der Waals surface area contributed by atoms with Gasteiger partial charge in [0.05, 0.1) is 28.4 Å². The molecule has 186 valence electrons. The van der Waals surface area contributed by atoms with Crippen LogP contribution in [0.15, 0.2) is 70.6 Å². The van der Waals surface area contributed by atoms with Crippen molar-refractivity contribution < 1.29 is 27.4 Å². The van der Waals surface area contributed by atoms with Crippen molar-refractivity contribution in [1.29, 1.82) is 0 Å². The van der Waals surface area contributed by atoms with Gasteiger partial charge < -0.3 is 25.4 Å². The number of hydrogen-bond donors (Lipinski definition) is 3. The van der Waals surface area contributed by atoms with Crippen molar-refractivity contribution in [2.45, 2.75) is 6.18 Å². The first-order valence-corrected chi connectivity index (χ1v) is 11.4. The Morgan fingerprint density at radius 3 is 2.78 bits per heavy atom. The summed E-state index contributed by atoms with van der Waals surface area (Å²) in [5, 5.41) is 8.49. The number of rotatable bonds is 5. The van der Waals surface area contributed by atoms with E-state index in [-0.39, 0.29) is 17.9 Å². The van der Waals surface area contributed by atoms with Crippen LogP contribution in [0.2, 0.25) is 5.02 Å². The van der Waals surface area contributed by atoms with Gasteiger partial charge in [0.2, 0.25) is 0 Å². The lowest BCUT2D eigenvalue weighted by molar-refractivity contribution is -0.137. The second kappa shape index (κ2) is 9.62. The second-order valence-electron chi connectivity index (χ2n) is 8.11. The molecule has 0 unspecified atom stereocenters. The van der Waals surface area contributed by atoms with E-state index < -0.39 is 22.7 Å². The summed E-state index contributed by atoms with van der Waals surface area (Å²) in [5.41, 5.74) is 0.653. The van der Waals surface area contributed by atoms with Crippen LogP contribution in [0.5, 0.6) is 11.5 Å². The molecule has 0 atom stereocenters. The largest absolute Gasteiger partial charge is 0.488 e. The number of carbonyl (C=O) groups is 1. The first-order chi connectivity index (χ1) is 17.3. The molecule has 0 spiro atoms. The molecule has 3 aliphatic heterocycles. The van der Waals surface area contributed by atoms with Gasteiger partial charge in [-0.3, -0.25) is 9.79 Å². The molecule has 11 heteroatoms. The summed E-state index contributed by atoms with van der Waals surface area (Å²) >= 11 is 5.65. The molecule has 36 heavy (non-hydrogen) atoms. The van der Waals surface area contributed by atoms with Gasteiger partial charge in [0, 0.05) is 30.4 Å². The summed E-state index contributed by atoms with van der Waals surface area (Å²) < 4.78 is 51.1. The van der Waals surface area contributed by atoms with Crippen LogP contribution in [0.3, 0.4) is 0 Å². The van der Waals surface area contributed by atoms with Crippen molar-refractivity contribution in [3.8, 4) is 11.5 Å². The molecule has 7 nitrogen and oxygen atoms in total. The minimum absolute atomic E-state index is 0.0256. The number of alkyl halides is 3. The number of nitrogens with zero attached hydrogens (tertiary/aromatic N) is 1. The van der Waals surface area contributed by atoms with Crippen LogP contribution in [0, 0.1) is 0 Å². The minimum atomic E-state index is -4.64. The zero-order chi connectivity index (χ0) is 25.3. The first-order valence-electron chi connectivity index (χ1n) is 11.0. The number of hydrogen-bond acceptors (Lipinski definition) is 6. The molecule has 1 amide bonds. The van der Waals surface area contributed by atoms with Crippen molar-refractivity contribution in [3.63, 3.8) is 0 Å². The Kier molecular flexibility index (Phi) is 6.36. The van der Waals surface area contributed by atoms with Crippen molar-refractivity contribution in [1.82, 2.24) is 10.6 Å². The maximum Gasteiger partial charge on any atom is 0.417 e. The zero-order valence-corrected chi connectivity index (χ0v) is 19.5. The van der Waals surface area contributed by atoms with Gasteiger partial charge in [0.15, 0.2) is 0 Å². The molecular weight excluding hydrogens is 497 g/mol. The van der Waals surface area contributed by atoms with E-state index in [1.165, 1.54) is 6.07 Å². The fourth-order valence-corrected chi connectivity index (χ4v) is 4.06. The van der Waals surface area contributed by atoms with E-state index in [0.29, 0.717) is 29.4 Å². The molecule has 0 bridgehead atoms. The molecule has 5 rings (SSSR count). The molecule has 0 fully saturated rings. The quantitative estimate of drug-likeness (QED) is 0.544. The van der Waals surface area contributed by atoms with Crippen molar-refractivity contribution >= 4 is 35.1 Å². The van der Waals surface area contributed by atoms with E-state index in [1.807, 2.05) is 12.2 Å². The van der Waals surface area contributed by atoms with Gasteiger partial charge >= 0.3 is 6.18 Å². The van der Waals surface area contributed by atoms with E-state index in [0.717, 1.165) is 36.8 Å². The van der Waals surface area contributed by atoms with E-state index in [4.69, 9.17) is 21.1 Å². The van der Waals surface area contributed by atoms with Crippen LogP contribution >= 0.6 is 11.6 Å². The SMILES string of the molecule is O=C(Nc1ccc(Cl)c(C(F)(F)F)c1)C1=Cc2cc(OC3=CCNC(C4=NCCN4)=C3)ccc2OC1. The number of halogens is 4. The van der Waals surface area contributed by atoms with Crippen molar-refractivity contribution in [3.05, 3.63) is 81.7 Å². The number of benzene rings is 2. The number of aliphatic imine (C=N–C) groups is 1. The number of anilines is 1. The molecular formula is C25H20ClF3N4O3. The summed E-state index contributed by atoms with van der Waals surface area (Å²) in [6, 6.07) is 8.42. The van der Waals surface area contributed by atoms with E-state index in [2.05, 4.69) is 20.9 Å². The number of ether oxygens (including phenoxy) is 2. The molecule has 0 aliphatic carbocycles. The summed E-state index contributed by atoms with van der Waals surface area (Å²) in [7, 11) is 0. The van der Waals surface area contributed by atoms with Crippen molar-refractivity contribution in [2.75, 3.05) is 31.6 Å². The molecule has 3 N–H and O–H groups in total. The van der Waals surface area contributed by atoms with E-state index >= 15 is 0 Å². The summed E-state index contributed by atoms with van der Waals surface area (Å²) in [6.07, 6.45) is 0.732. The Hall–Kier alpha value is -3.92. The van der Waals surface area contributed by atoms with Crippen LogP contribution in [-0.2, 0) is 11.0 Å². The van der Waals surface area contributed by atoms with E-state index in [9.17, 15) is 18.0 Å². The number of nitrogens with one attached hydrogen (secondary N) is 3. The van der Waals surface area contributed by atoms with Gasteiger partial charge in [-0.1, -0.05) is 11.6 Å². The highest BCUT2D eigenvalue weighted by Crippen LogP contribution is 2.36. The molecule has 3 heterocycles. The third-order valence-corrected chi connectivity index (χ3v) is 5.89. The molecule has 2 aromatic carbocycles. The average molecular weight is 517 g/mol. The lowest BCUT2D eigenvalue weighted by Crippen LogP contribution is -2.31. The Morgan fingerprint density at radius 2 is 2.00 bits per heavy atom. The number of carbonyl (C=O) groups excluding carboxylic acids is 1. The molecule has 0 saturated heterocycles. The van der Waals surface area contributed by atoms with Crippen LogP contribution in [-0.4, -0.2) is 38.0 Å². The second-order valence-corrected chi connectivity index (χ2v) is 8.52. The maximum absolute atomic E-state index is 13.1. The Labute approximate surface area is 209 Å². The monoisotopic (exact) mass is 516 g/mol. The van der Waals surface area contributed by atoms with Gasteiger partial charge in [-0.2, -0.15) is 13.2 Å². The first kappa shape index (κ1) is 23.8. The lowest BCUT2D eigenvalue weighted by atomic mass is 10.1. The maximum atomic E-state index is 13.1. The van der Waals surface area contributed by atoms with Crippen molar-refractivity contribution in [2.24, 2.45) is 4.99 Å². The molecule has 3 aliphatic rings. The third-order valence-electron chi connectivity index (χ3n) is 5.56. The van der Waals surface area contributed by atoms with Gasteiger partial charge in [0.25, 0.3) is 5.91 Å². The minimum Gasteiger partial charge on any atom is -0.488 e. The molecule has 0 radical (unpaired) electrons. The number of fused-ring (bicyclic) bond motifs is 1. The van der Waals surface area contributed by atoms with Crippen LogP contribution in [0.1, 0.15) is 11.1 Å². The summed E-state index contributed by atoms with van der Waals surface area (Å²) in [6.45, 7) is 2.07. The smallest absolute Gasteiger partial charge is 0.417 e. The predicted octanol–water partition coefficient (Wildman–Crippen LogP) is 4.52. The Balaban J connectivity index is 1.31. The third kappa shape index (κ3) is 5.18. The average Bonchev–Trinajstić information content (AvgIpc) is 3.39. The van der Waals surface area contributed by atoms with Gasteiger partial charge in [-0.25, -0.2) is 0 Å². The Morgan fingerprint density at radius 1 is 1.14 bits per heavy atom. The topological polar surface area (TPSA) is 84.0 Å². The molecule has 0 saturated carbocycles. The van der Waals surface area contributed by atoms with Gasteiger partial charge in [-0.15, -0.1) is 0 Å². The number of amidine groups is 1. The normalized spacial score (nSPS) is 16.8. The fraction of sp³-hybridized carbons (Fsp3) is 0.200. The highest BCUT2D eigenvalue weighted by atomic mass is 35.5. The zero-order valence-electron chi connectivity index (χ0n) is 18.7. The van der Waals surface area contributed by atoms with Crippen LogP contribution < -0.4 is 25.4 Å². The van der Waals surface area contributed by atoms with Gasteiger partial charge in [0.1, 0.15) is 29.7 Å². The predicted molar refractivity (Wildman–Crippen MR) is 130 cm³/mol. The standard InChI is InChI=1S/C25H20ClF3N4O3/c26-20-3-1-16(11-19(20)25(27,28)29)33-24(34)15-9-14-10-17(2-4-22(14)35-13-15)36-18-5-6-30-21(12-18)23-31-7-8-32-23/h1-5,9-12,30H,6-8,13H2,(H,31,32)(H,33,34). The number of amides is 1. The fourth-order valence-electron chi connectivity index (χ4n) is 3.83. The Bertz CT molecular complexity index is 1350. The molecule has 2 aromatic rings. The summed E-state index contributed by atoms with van der Waals surface area (Å²) in [5.74, 6) is 1.95. The molecule has 0 aromatic heterocycles.